The van der Waals surface area contributed by atoms with Crippen LogP contribution in [0.3, 0.4) is 0 Å². The lowest BCUT2D eigenvalue weighted by Crippen LogP contribution is -2.25. The Morgan fingerprint density at radius 2 is 1.27 bits per heavy atom. The van der Waals surface area contributed by atoms with Crippen molar-refractivity contribution in [2.24, 2.45) is 5.92 Å². The monoisotopic (exact) mass is 694 g/mol. The summed E-state index contributed by atoms with van der Waals surface area (Å²) in [6, 6.07) is 10.2. The van der Waals surface area contributed by atoms with Crippen LogP contribution in [0.4, 0.5) is 43.9 Å². The highest BCUT2D eigenvalue weighted by molar-refractivity contribution is 5.84. The van der Waals surface area contributed by atoms with E-state index in [0.717, 1.165) is 43.4 Å². The van der Waals surface area contributed by atoms with Crippen molar-refractivity contribution >= 4 is 11.7 Å². The highest BCUT2D eigenvalue weighted by Crippen LogP contribution is 2.41. The summed E-state index contributed by atoms with van der Waals surface area (Å²) in [6.45, 7) is 2.18. The molecule has 49 heavy (non-hydrogen) atoms. The second-order valence-electron chi connectivity index (χ2n) is 12.3. The van der Waals surface area contributed by atoms with Crippen LogP contribution in [-0.2, 0) is 6.11 Å². The van der Waals surface area contributed by atoms with Crippen molar-refractivity contribution in [3.05, 3.63) is 124 Å². The molecule has 0 bridgehead atoms. The van der Waals surface area contributed by atoms with E-state index < -0.39 is 69.5 Å². The first-order valence-electron chi connectivity index (χ1n) is 16.0. The van der Waals surface area contributed by atoms with Crippen LogP contribution >= 0.6 is 0 Å². The molecule has 1 fully saturated rings. The molecule has 4 aromatic rings. The molecule has 1 saturated carbocycles. The Morgan fingerprint density at radius 3 is 1.84 bits per heavy atom. The van der Waals surface area contributed by atoms with Gasteiger partial charge in [-0.3, -0.25) is 0 Å². The van der Waals surface area contributed by atoms with Crippen LogP contribution in [0.15, 0.2) is 66.7 Å². The third kappa shape index (κ3) is 8.13. The molecule has 260 valence electrons. The van der Waals surface area contributed by atoms with Crippen LogP contribution in [0.5, 0.6) is 5.75 Å². The zero-order valence-corrected chi connectivity index (χ0v) is 26.4. The molecule has 5 rings (SSSR count). The molecule has 0 aliphatic heterocycles. The predicted molar refractivity (Wildman–Crippen MR) is 167 cm³/mol. The van der Waals surface area contributed by atoms with E-state index in [-0.39, 0.29) is 41.3 Å². The minimum atomic E-state index is -4.90. The zero-order chi connectivity index (χ0) is 35.5. The van der Waals surface area contributed by atoms with Gasteiger partial charge in [-0.05, 0) is 66.8 Å². The minimum Gasteiger partial charge on any atom is -0.429 e. The van der Waals surface area contributed by atoms with Crippen LogP contribution in [0.1, 0.15) is 86.5 Å². The summed E-state index contributed by atoms with van der Waals surface area (Å²) < 4.78 is 148. The van der Waals surface area contributed by atoms with Crippen molar-refractivity contribution in [3.8, 4) is 16.9 Å². The molecule has 0 aromatic heterocycles. The van der Waals surface area contributed by atoms with Gasteiger partial charge in [0.15, 0.2) is 29.1 Å². The van der Waals surface area contributed by atoms with E-state index in [9.17, 15) is 30.7 Å². The molecular weight excluding hydrogens is 662 g/mol. The smallest absolute Gasteiger partial charge is 0.429 e. The molecule has 1 aliphatic carbocycles. The average molecular weight is 695 g/mol. The Morgan fingerprint density at radius 1 is 0.673 bits per heavy atom. The van der Waals surface area contributed by atoms with Crippen LogP contribution in [0, 0.1) is 40.8 Å². The fourth-order valence-electron chi connectivity index (χ4n) is 6.30. The number of rotatable bonds is 11. The van der Waals surface area contributed by atoms with Crippen LogP contribution in [0.2, 0.25) is 0 Å². The summed E-state index contributed by atoms with van der Waals surface area (Å²) in [6.07, 6.45) is 4.19. The van der Waals surface area contributed by atoms with Crippen molar-refractivity contribution in [1.82, 2.24) is 0 Å². The predicted octanol–water partition coefficient (Wildman–Crippen LogP) is 12.9. The fourth-order valence-corrected chi connectivity index (χ4v) is 6.30. The number of benzene rings is 4. The summed E-state index contributed by atoms with van der Waals surface area (Å²) in [7, 11) is 0. The summed E-state index contributed by atoms with van der Waals surface area (Å²) in [5, 5.41) is 0. The molecule has 4 aromatic carbocycles. The molecular formula is C38H32F10O. The maximum absolute atomic E-state index is 15.2. The van der Waals surface area contributed by atoms with Crippen LogP contribution < -0.4 is 4.74 Å². The Hall–Kier alpha value is -4.28. The molecule has 0 heterocycles. The topological polar surface area (TPSA) is 9.23 Å². The van der Waals surface area contributed by atoms with E-state index in [4.69, 9.17) is 0 Å². The van der Waals surface area contributed by atoms with Gasteiger partial charge in [-0.15, -0.1) is 0 Å². The van der Waals surface area contributed by atoms with E-state index in [1.54, 1.807) is 6.07 Å². The number of hydrogen-bond donors (Lipinski definition) is 0. The molecule has 0 N–H and O–H groups in total. The number of hydrogen-bond acceptors (Lipinski definition) is 1. The van der Waals surface area contributed by atoms with Gasteiger partial charge in [0.25, 0.3) is 0 Å². The SMILES string of the molecule is CCCCCC1CCC(c2ccc(-c3ccc(C(F)=C(F)c4cc(F)c(C(F)(F)Oc5cc(F)c(F)c(F)c5)c(F)c4)cc3)c(F)c2)CC1. The van der Waals surface area contributed by atoms with Gasteiger partial charge in [-0.2, -0.15) is 8.78 Å². The Balaban J connectivity index is 1.30. The highest BCUT2D eigenvalue weighted by Gasteiger charge is 2.42. The van der Waals surface area contributed by atoms with Gasteiger partial charge in [-0.25, -0.2) is 35.1 Å². The van der Waals surface area contributed by atoms with Crippen molar-refractivity contribution in [3.63, 3.8) is 0 Å². The summed E-state index contributed by atoms with van der Waals surface area (Å²) in [5.74, 6) is -14.1. The van der Waals surface area contributed by atoms with Gasteiger partial charge in [-0.1, -0.05) is 69.0 Å². The first-order valence-corrected chi connectivity index (χ1v) is 16.0. The van der Waals surface area contributed by atoms with E-state index in [1.807, 2.05) is 6.07 Å². The van der Waals surface area contributed by atoms with Crippen LogP contribution in [-0.4, -0.2) is 0 Å². The Kier molecular flexibility index (Phi) is 11.1. The third-order valence-electron chi connectivity index (χ3n) is 8.96. The molecule has 0 radical (unpaired) electrons. The molecule has 0 spiro atoms. The standard InChI is InChI=1S/C38H32F10O/c1-2-3-4-5-21-6-8-22(9-7-21)25-14-15-28(29(39)16-25)23-10-12-24(13-11-23)35(44)36(45)26-17-30(40)34(31(41)18-26)38(47,48)49-27-19-32(42)37(46)33(43)20-27/h10-22H,2-9H2,1H3. The lowest BCUT2D eigenvalue weighted by Gasteiger charge is -2.29. The fraction of sp³-hybridized carbons (Fsp3) is 0.316. The largest absolute Gasteiger partial charge is 0.432 e. The zero-order valence-electron chi connectivity index (χ0n) is 26.4. The first kappa shape index (κ1) is 36.0. The van der Waals surface area contributed by atoms with Gasteiger partial charge >= 0.3 is 6.11 Å². The van der Waals surface area contributed by atoms with Gasteiger partial charge < -0.3 is 4.74 Å². The third-order valence-corrected chi connectivity index (χ3v) is 8.96. The number of unbranched alkanes of at least 4 members (excludes halogenated alkanes) is 2. The number of alkyl halides is 2. The van der Waals surface area contributed by atoms with Gasteiger partial charge in [0.1, 0.15) is 28.8 Å². The summed E-state index contributed by atoms with van der Waals surface area (Å²) in [4.78, 5) is 0. The van der Waals surface area contributed by atoms with Gasteiger partial charge in [0, 0.05) is 28.8 Å². The van der Waals surface area contributed by atoms with Crippen molar-refractivity contribution < 1.29 is 48.6 Å². The van der Waals surface area contributed by atoms with E-state index in [1.165, 1.54) is 43.9 Å². The summed E-state index contributed by atoms with van der Waals surface area (Å²) in [5.41, 5.74) is -2.01. The maximum atomic E-state index is 15.2. The Labute approximate surface area is 277 Å². The molecule has 0 amide bonds. The Bertz CT molecular complexity index is 1780. The normalized spacial score (nSPS) is 17.2. The highest BCUT2D eigenvalue weighted by atomic mass is 19.3. The molecule has 1 aliphatic rings. The molecule has 0 saturated heterocycles. The molecule has 0 unspecified atom stereocenters. The molecule has 1 nitrogen and oxygen atoms in total. The van der Waals surface area contributed by atoms with E-state index in [0.29, 0.717) is 11.5 Å². The maximum Gasteiger partial charge on any atom is 0.432 e. The quantitative estimate of drug-likeness (QED) is 0.0657. The first-order chi connectivity index (χ1) is 23.3. The average Bonchev–Trinajstić information content (AvgIpc) is 3.06. The van der Waals surface area contributed by atoms with Crippen molar-refractivity contribution in [1.29, 1.82) is 0 Å². The van der Waals surface area contributed by atoms with Crippen molar-refractivity contribution in [2.45, 2.75) is 70.3 Å². The van der Waals surface area contributed by atoms with Crippen LogP contribution in [0.25, 0.3) is 22.8 Å². The second-order valence-corrected chi connectivity index (χ2v) is 12.3. The minimum absolute atomic E-state index is 0.0320. The molecule has 11 heteroatoms. The molecule has 0 atom stereocenters. The van der Waals surface area contributed by atoms with Gasteiger partial charge in [0.05, 0.1) is 0 Å². The lowest BCUT2D eigenvalue weighted by molar-refractivity contribution is -0.189. The van der Waals surface area contributed by atoms with Gasteiger partial charge in [0.2, 0.25) is 0 Å². The number of halogens is 10. The number of ether oxygens (including phenoxy) is 1. The van der Waals surface area contributed by atoms with Crippen molar-refractivity contribution in [2.75, 3.05) is 0 Å². The summed E-state index contributed by atoms with van der Waals surface area (Å²) >= 11 is 0. The second kappa shape index (κ2) is 15.1. The van der Waals surface area contributed by atoms with E-state index in [2.05, 4.69) is 11.7 Å². The lowest BCUT2D eigenvalue weighted by atomic mass is 9.77. The van der Waals surface area contributed by atoms with E-state index >= 15 is 13.2 Å².